The van der Waals surface area contributed by atoms with Crippen LogP contribution in [-0.4, -0.2) is 28.1 Å². The summed E-state index contributed by atoms with van der Waals surface area (Å²) in [5, 5.41) is 7.25. The summed E-state index contributed by atoms with van der Waals surface area (Å²) in [4.78, 5) is 26.4. The number of nitrogens with zero attached hydrogens (tertiary/aromatic N) is 3. The van der Waals surface area contributed by atoms with Crippen LogP contribution in [0, 0.1) is 0 Å². The maximum Gasteiger partial charge on any atom is 0.255 e. The Balaban J connectivity index is 1.41. The van der Waals surface area contributed by atoms with Crippen molar-refractivity contribution in [2.75, 3.05) is 11.4 Å². The molecule has 0 saturated carbocycles. The molecule has 1 aromatic heterocycles. The number of nitrogens with one attached hydrogen (secondary N) is 1. The van der Waals surface area contributed by atoms with Crippen LogP contribution in [0.3, 0.4) is 0 Å². The first kappa shape index (κ1) is 18.9. The first-order chi connectivity index (χ1) is 14.1. The molecule has 148 valence electrons. The fraction of sp³-hybridized carbons (Fsp3) is 0.261. The summed E-state index contributed by atoms with van der Waals surface area (Å²) in [5.74, 6) is 0.0383. The van der Waals surface area contributed by atoms with Gasteiger partial charge < -0.3 is 10.2 Å². The van der Waals surface area contributed by atoms with E-state index in [0.29, 0.717) is 24.9 Å². The van der Waals surface area contributed by atoms with Gasteiger partial charge in [0.05, 0.1) is 17.5 Å². The van der Waals surface area contributed by atoms with E-state index in [1.165, 1.54) is 0 Å². The van der Waals surface area contributed by atoms with Gasteiger partial charge in [-0.15, -0.1) is 0 Å². The Morgan fingerprint density at radius 2 is 1.83 bits per heavy atom. The number of amides is 2. The fourth-order valence-corrected chi connectivity index (χ4v) is 3.64. The Morgan fingerprint density at radius 3 is 2.52 bits per heavy atom. The largest absolute Gasteiger partial charge is 0.348 e. The monoisotopic (exact) mass is 388 g/mol. The number of rotatable bonds is 6. The van der Waals surface area contributed by atoms with E-state index in [-0.39, 0.29) is 11.8 Å². The van der Waals surface area contributed by atoms with Crippen molar-refractivity contribution in [1.29, 1.82) is 0 Å². The number of aromatic nitrogens is 2. The summed E-state index contributed by atoms with van der Waals surface area (Å²) in [5.41, 5.74) is 4.52. The predicted molar refractivity (Wildman–Crippen MR) is 112 cm³/mol. The van der Waals surface area contributed by atoms with Gasteiger partial charge in [0.1, 0.15) is 0 Å². The van der Waals surface area contributed by atoms with Gasteiger partial charge in [-0.3, -0.25) is 14.3 Å². The van der Waals surface area contributed by atoms with Crippen LogP contribution in [0.4, 0.5) is 5.69 Å². The third-order valence-electron chi connectivity index (χ3n) is 5.30. The van der Waals surface area contributed by atoms with Gasteiger partial charge >= 0.3 is 0 Å². The van der Waals surface area contributed by atoms with Crippen LogP contribution in [-0.2, 0) is 24.8 Å². The molecule has 0 unspecified atom stereocenters. The minimum Gasteiger partial charge on any atom is -0.348 e. The topological polar surface area (TPSA) is 67.2 Å². The standard InChI is InChI=1S/C23H24N4O2/c1-26-21(14-17-6-3-2-4-7-17)20(16-25-26)23(29)24-15-18-9-11-19(12-10-18)27-13-5-8-22(27)28/h2-4,6-7,9-12,16H,5,8,13-15H2,1H3,(H,24,29). The van der Waals surface area contributed by atoms with Crippen molar-refractivity contribution in [3.8, 4) is 0 Å². The van der Waals surface area contributed by atoms with Gasteiger partial charge in [-0.1, -0.05) is 42.5 Å². The highest BCUT2D eigenvalue weighted by molar-refractivity contribution is 5.96. The van der Waals surface area contributed by atoms with E-state index in [1.807, 2.05) is 66.5 Å². The lowest BCUT2D eigenvalue weighted by molar-refractivity contribution is -0.117. The smallest absolute Gasteiger partial charge is 0.255 e. The van der Waals surface area contributed by atoms with Crippen molar-refractivity contribution >= 4 is 17.5 Å². The first-order valence-corrected chi connectivity index (χ1v) is 9.84. The molecule has 2 heterocycles. The van der Waals surface area contributed by atoms with Gasteiger partial charge in [0, 0.05) is 38.7 Å². The summed E-state index contributed by atoms with van der Waals surface area (Å²) >= 11 is 0. The SMILES string of the molecule is Cn1ncc(C(=O)NCc2ccc(N3CCCC3=O)cc2)c1Cc1ccccc1. The highest BCUT2D eigenvalue weighted by Gasteiger charge is 2.21. The van der Waals surface area contributed by atoms with Crippen molar-refractivity contribution in [2.24, 2.45) is 7.05 Å². The Bertz CT molecular complexity index is 1010. The molecule has 0 radical (unpaired) electrons. The molecule has 1 aliphatic heterocycles. The molecule has 2 amide bonds. The first-order valence-electron chi connectivity index (χ1n) is 9.84. The zero-order valence-electron chi connectivity index (χ0n) is 16.5. The number of anilines is 1. The van der Waals surface area contributed by atoms with E-state index in [4.69, 9.17) is 0 Å². The lowest BCUT2D eigenvalue weighted by atomic mass is 10.1. The van der Waals surface area contributed by atoms with Crippen LogP contribution in [0.1, 0.15) is 40.0 Å². The Morgan fingerprint density at radius 1 is 1.07 bits per heavy atom. The molecule has 1 saturated heterocycles. The molecule has 3 aromatic rings. The minimum atomic E-state index is -0.136. The third kappa shape index (κ3) is 4.21. The second kappa shape index (κ2) is 8.31. The number of hydrogen-bond acceptors (Lipinski definition) is 3. The van der Waals surface area contributed by atoms with Gasteiger partial charge in [0.2, 0.25) is 5.91 Å². The summed E-state index contributed by atoms with van der Waals surface area (Å²) in [6.07, 6.45) is 3.80. The summed E-state index contributed by atoms with van der Waals surface area (Å²) in [7, 11) is 1.85. The molecule has 1 N–H and O–H groups in total. The minimum absolute atomic E-state index is 0.136. The fourth-order valence-electron chi connectivity index (χ4n) is 3.64. The van der Waals surface area contributed by atoms with Crippen LogP contribution in [0.2, 0.25) is 0 Å². The van der Waals surface area contributed by atoms with E-state index in [0.717, 1.165) is 35.5 Å². The van der Waals surface area contributed by atoms with Crippen LogP contribution >= 0.6 is 0 Å². The van der Waals surface area contributed by atoms with E-state index >= 15 is 0 Å². The van der Waals surface area contributed by atoms with Gasteiger partial charge in [0.25, 0.3) is 5.91 Å². The zero-order chi connectivity index (χ0) is 20.2. The van der Waals surface area contributed by atoms with Gasteiger partial charge in [-0.25, -0.2) is 0 Å². The van der Waals surface area contributed by atoms with Crippen molar-refractivity contribution in [2.45, 2.75) is 25.8 Å². The van der Waals surface area contributed by atoms with E-state index in [2.05, 4.69) is 10.4 Å². The predicted octanol–water partition coefficient (Wildman–Crippen LogP) is 3.07. The molecule has 0 aliphatic carbocycles. The highest BCUT2D eigenvalue weighted by Crippen LogP contribution is 2.21. The van der Waals surface area contributed by atoms with Crippen molar-refractivity contribution < 1.29 is 9.59 Å². The number of hydrogen-bond donors (Lipinski definition) is 1. The van der Waals surface area contributed by atoms with E-state index in [1.54, 1.807) is 10.9 Å². The van der Waals surface area contributed by atoms with E-state index in [9.17, 15) is 9.59 Å². The van der Waals surface area contributed by atoms with Crippen LogP contribution < -0.4 is 10.2 Å². The van der Waals surface area contributed by atoms with Crippen molar-refractivity contribution in [3.05, 3.63) is 83.2 Å². The molecule has 4 rings (SSSR count). The molecule has 6 nitrogen and oxygen atoms in total. The normalized spacial score (nSPS) is 13.7. The second-order valence-corrected chi connectivity index (χ2v) is 7.29. The lowest BCUT2D eigenvalue weighted by Gasteiger charge is -2.16. The molecule has 1 fully saturated rings. The lowest BCUT2D eigenvalue weighted by Crippen LogP contribution is -2.25. The van der Waals surface area contributed by atoms with Crippen molar-refractivity contribution in [1.82, 2.24) is 15.1 Å². The second-order valence-electron chi connectivity index (χ2n) is 7.29. The molecule has 29 heavy (non-hydrogen) atoms. The number of carbonyl (C=O) groups excluding carboxylic acids is 2. The molecule has 6 heteroatoms. The molecular weight excluding hydrogens is 364 g/mol. The maximum atomic E-state index is 12.7. The molecule has 0 atom stereocenters. The molecule has 2 aromatic carbocycles. The Labute approximate surface area is 170 Å². The zero-order valence-corrected chi connectivity index (χ0v) is 16.5. The summed E-state index contributed by atoms with van der Waals surface area (Å²) < 4.78 is 1.75. The average molecular weight is 388 g/mol. The van der Waals surface area contributed by atoms with Crippen LogP contribution in [0.15, 0.2) is 60.8 Å². The average Bonchev–Trinajstić information content (AvgIpc) is 3.33. The van der Waals surface area contributed by atoms with E-state index < -0.39 is 0 Å². The molecule has 0 bridgehead atoms. The molecule has 1 aliphatic rings. The summed E-state index contributed by atoms with van der Waals surface area (Å²) in [6, 6.07) is 17.8. The number of benzene rings is 2. The molecular formula is C23H24N4O2. The highest BCUT2D eigenvalue weighted by atomic mass is 16.2. The Kier molecular flexibility index (Phi) is 5.42. The maximum absolute atomic E-state index is 12.7. The van der Waals surface area contributed by atoms with Gasteiger partial charge in [-0.2, -0.15) is 5.10 Å². The van der Waals surface area contributed by atoms with Gasteiger partial charge in [-0.05, 0) is 29.7 Å². The molecule has 0 spiro atoms. The third-order valence-corrected chi connectivity index (χ3v) is 5.30. The number of carbonyl (C=O) groups is 2. The van der Waals surface area contributed by atoms with Crippen LogP contribution in [0.5, 0.6) is 0 Å². The van der Waals surface area contributed by atoms with Crippen LogP contribution in [0.25, 0.3) is 0 Å². The quantitative estimate of drug-likeness (QED) is 0.706. The Hall–Kier alpha value is -3.41. The van der Waals surface area contributed by atoms with Crippen molar-refractivity contribution in [3.63, 3.8) is 0 Å². The summed E-state index contributed by atoms with van der Waals surface area (Å²) in [6.45, 7) is 1.20. The van der Waals surface area contributed by atoms with Gasteiger partial charge in [0.15, 0.2) is 0 Å². The number of aryl methyl sites for hydroxylation is 1.